The number of amides is 1. The fourth-order valence-corrected chi connectivity index (χ4v) is 5.43. The molecule has 1 atom stereocenters. The lowest BCUT2D eigenvalue weighted by molar-refractivity contribution is -0.918. The van der Waals surface area contributed by atoms with Gasteiger partial charge in [-0.1, -0.05) is 6.92 Å². The fourth-order valence-electron chi connectivity index (χ4n) is 4.03. The maximum Gasteiger partial charge on any atom is 0.260 e. The van der Waals surface area contributed by atoms with Gasteiger partial charge in [0.15, 0.2) is 5.82 Å². The largest absolute Gasteiger partial charge is 0.332 e. The highest BCUT2D eigenvalue weighted by Crippen LogP contribution is 2.35. The Balaban J connectivity index is 1.56. The molecule has 1 saturated heterocycles. The molecule has 25 heavy (non-hydrogen) atoms. The van der Waals surface area contributed by atoms with Gasteiger partial charge in [0.25, 0.3) is 5.56 Å². The number of aryl methyl sites for hydroxylation is 1. The summed E-state index contributed by atoms with van der Waals surface area (Å²) in [5.74, 6) is 1.61. The van der Waals surface area contributed by atoms with Gasteiger partial charge < -0.3 is 14.8 Å². The van der Waals surface area contributed by atoms with E-state index in [1.165, 1.54) is 15.3 Å². The number of aromatic nitrogens is 2. The van der Waals surface area contributed by atoms with Gasteiger partial charge in [0, 0.05) is 11.8 Å². The molecule has 0 aromatic carbocycles. The summed E-state index contributed by atoms with van der Waals surface area (Å²) in [6.07, 6.45) is 3.23. The van der Waals surface area contributed by atoms with Gasteiger partial charge >= 0.3 is 0 Å². The highest BCUT2D eigenvalue weighted by atomic mass is 32.1. The quantitative estimate of drug-likeness (QED) is 0.811. The predicted molar refractivity (Wildman–Crippen MR) is 98.1 cm³/mol. The molecule has 0 unspecified atom stereocenters. The maximum atomic E-state index is 12.6. The van der Waals surface area contributed by atoms with Crippen molar-refractivity contribution in [2.75, 3.05) is 26.2 Å². The Hall–Kier alpha value is -1.73. The van der Waals surface area contributed by atoms with Crippen LogP contribution in [0.1, 0.15) is 36.5 Å². The number of nitrogens with zero attached hydrogens (tertiary/aromatic N) is 2. The Morgan fingerprint density at radius 3 is 2.88 bits per heavy atom. The predicted octanol–water partition coefficient (Wildman–Crippen LogP) is 0.356. The summed E-state index contributed by atoms with van der Waals surface area (Å²) in [5.41, 5.74) is 1.26. The van der Waals surface area contributed by atoms with Crippen molar-refractivity contribution in [2.45, 2.75) is 39.7 Å². The van der Waals surface area contributed by atoms with Crippen molar-refractivity contribution in [1.82, 2.24) is 14.9 Å². The van der Waals surface area contributed by atoms with E-state index < -0.39 is 0 Å². The molecule has 1 aliphatic heterocycles. The molecule has 2 N–H and O–H groups in total. The van der Waals surface area contributed by atoms with Crippen LogP contribution >= 0.6 is 11.3 Å². The number of H-pyrrole nitrogens is 1. The monoisotopic (exact) mass is 361 g/mol. The van der Waals surface area contributed by atoms with E-state index in [0.717, 1.165) is 68.0 Å². The number of hydrogen-bond donors (Lipinski definition) is 2. The second kappa shape index (κ2) is 6.53. The minimum Gasteiger partial charge on any atom is -0.332 e. The van der Waals surface area contributed by atoms with Crippen molar-refractivity contribution in [3.8, 4) is 0 Å². The standard InChI is InChI=1S/C18H24N4O2S/c1-11-3-4-13-14(9-11)25-18-16(13)17(24)19-15(20-18)10-21-5-7-22(8-6-21)12(2)23/h11H,3-10H2,1-2H3,(H,19,20,24)/p+1/t11-/m1/s1. The van der Waals surface area contributed by atoms with E-state index in [1.807, 2.05) is 4.90 Å². The Bertz CT molecular complexity index is 864. The number of aromatic amines is 1. The molecule has 134 valence electrons. The number of nitrogens with one attached hydrogen (secondary N) is 2. The third-order valence-corrected chi connectivity index (χ3v) is 6.70. The number of thiophene rings is 1. The fraction of sp³-hybridized carbons (Fsp3) is 0.611. The van der Waals surface area contributed by atoms with Gasteiger partial charge in [-0.2, -0.15) is 0 Å². The van der Waals surface area contributed by atoms with Gasteiger partial charge in [-0.25, -0.2) is 4.98 Å². The van der Waals surface area contributed by atoms with Crippen LogP contribution in [0.3, 0.4) is 0 Å². The van der Waals surface area contributed by atoms with Gasteiger partial charge in [-0.3, -0.25) is 9.59 Å². The van der Waals surface area contributed by atoms with E-state index in [-0.39, 0.29) is 11.5 Å². The van der Waals surface area contributed by atoms with Crippen LogP contribution in [0.4, 0.5) is 0 Å². The summed E-state index contributed by atoms with van der Waals surface area (Å²) in [6.45, 7) is 7.98. The molecule has 1 fully saturated rings. The van der Waals surface area contributed by atoms with E-state index in [4.69, 9.17) is 4.98 Å². The van der Waals surface area contributed by atoms with Crippen LogP contribution in [0.15, 0.2) is 4.79 Å². The third kappa shape index (κ3) is 3.22. The van der Waals surface area contributed by atoms with Gasteiger partial charge in [0.1, 0.15) is 11.4 Å². The number of piperazine rings is 1. The highest BCUT2D eigenvalue weighted by Gasteiger charge is 2.25. The maximum absolute atomic E-state index is 12.6. The molecule has 4 rings (SSSR count). The molecule has 0 spiro atoms. The molecule has 2 aromatic rings. The van der Waals surface area contributed by atoms with Crippen molar-refractivity contribution in [3.05, 3.63) is 26.6 Å². The van der Waals surface area contributed by atoms with Crippen LogP contribution < -0.4 is 10.5 Å². The molecular formula is C18H25N4O2S+. The summed E-state index contributed by atoms with van der Waals surface area (Å²) in [6, 6.07) is 0. The molecule has 3 heterocycles. The summed E-state index contributed by atoms with van der Waals surface area (Å²) in [5, 5.41) is 0.826. The lowest BCUT2D eigenvalue weighted by Gasteiger charge is -2.31. The van der Waals surface area contributed by atoms with Crippen molar-refractivity contribution >= 4 is 27.5 Å². The van der Waals surface area contributed by atoms with E-state index in [1.54, 1.807) is 18.3 Å². The molecule has 1 amide bonds. The number of carbonyl (C=O) groups is 1. The van der Waals surface area contributed by atoms with E-state index in [0.29, 0.717) is 5.92 Å². The first-order valence-electron chi connectivity index (χ1n) is 9.13. The van der Waals surface area contributed by atoms with Crippen molar-refractivity contribution < 1.29 is 9.69 Å². The SMILES string of the molecule is CC(=O)N1CC[NH+](Cc2nc3sc4c(c3c(=O)[nH]2)CC[C@@H](C)C4)CC1. The van der Waals surface area contributed by atoms with Gasteiger partial charge in [0.05, 0.1) is 31.6 Å². The average molecular weight is 361 g/mol. The first-order valence-corrected chi connectivity index (χ1v) is 9.95. The zero-order valence-corrected chi connectivity index (χ0v) is 15.7. The Morgan fingerprint density at radius 2 is 2.16 bits per heavy atom. The average Bonchev–Trinajstić information content (AvgIpc) is 2.92. The first-order chi connectivity index (χ1) is 12.0. The molecule has 6 nitrogen and oxygen atoms in total. The van der Waals surface area contributed by atoms with Crippen LogP contribution in [0.2, 0.25) is 0 Å². The van der Waals surface area contributed by atoms with E-state index in [9.17, 15) is 9.59 Å². The molecule has 0 radical (unpaired) electrons. The molecule has 7 heteroatoms. The van der Waals surface area contributed by atoms with E-state index in [2.05, 4.69) is 11.9 Å². The number of quaternary nitrogens is 1. The molecular weight excluding hydrogens is 336 g/mol. The van der Waals surface area contributed by atoms with Crippen LogP contribution in [-0.4, -0.2) is 47.0 Å². The normalized spacial score (nSPS) is 21.5. The number of carbonyl (C=O) groups excluding carboxylic acids is 1. The van der Waals surface area contributed by atoms with Gasteiger partial charge in [-0.05, 0) is 30.7 Å². The summed E-state index contributed by atoms with van der Waals surface area (Å²) in [4.78, 5) is 37.4. The summed E-state index contributed by atoms with van der Waals surface area (Å²) < 4.78 is 0. The number of rotatable bonds is 2. The topological polar surface area (TPSA) is 70.5 Å². The van der Waals surface area contributed by atoms with Gasteiger partial charge in [0.2, 0.25) is 5.91 Å². The number of fused-ring (bicyclic) bond motifs is 3. The van der Waals surface area contributed by atoms with Crippen LogP contribution in [0, 0.1) is 5.92 Å². The molecule has 2 aliphatic rings. The van der Waals surface area contributed by atoms with Crippen LogP contribution in [0.25, 0.3) is 10.2 Å². The van der Waals surface area contributed by atoms with Gasteiger partial charge in [-0.15, -0.1) is 11.3 Å². The molecule has 0 bridgehead atoms. The van der Waals surface area contributed by atoms with Crippen LogP contribution in [-0.2, 0) is 24.2 Å². The zero-order chi connectivity index (χ0) is 17.6. The van der Waals surface area contributed by atoms with Crippen LogP contribution in [0.5, 0.6) is 0 Å². The second-order valence-corrected chi connectivity index (χ2v) is 8.56. The highest BCUT2D eigenvalue weighted by molar-refractivity contribution is 7.18. The lowest BCUT2D eigenvalue weighted by Crippen LogP contribution is -3.13. The molecule has 1 aliphatic carbocycles. The smallest absolute Gasteiger partial charge is 0.260 e. The second-order valence-electron chi connectivity index (χ2n) is 7.48. The first kappa shape index (κ1) is 16.7. The molecule has 2 aromatic heterocycles. The minimum absolute atomic E-state index is 0.0221. The Morgan fingerprint density at radius 1 is 1.40 bits per heavy atom. The minimum atomic E-state index is 0.0221. The lowest BCUT2D eigenvalue weighted by atomic mass is 9.89. The van der Waals surface area contributed by atoms with E-state index >= 15 is 0 Å². The number of hydrogen-bond acceptors (Lipinski definition) is 4. The van der Waals surface area contributed by atoms with Crippen molar-refractivity contribution in [2.24, 2.45) is 5.92 Å². The van der Waals surface area contributed by atoms with Crippen molar-refractivity contribution in [1.29, 1.82) is 0 Å². The third-order valence-electron chi connectivity index (χ3n) is 5.55. The zero-order valence-electron chi connectivity index (χ0n) is 14.9. The Kier molecular flexibility index (Phi) is 4.37. The van der Waals surface area contributed by atoms with Crippen molar-refractivity contribution in [3.63, 3.8) is 0 Å². The molecule has 0 saturated carbocycles. The summed E-state index contributed by atoms with van der Waals surface area (Å²) in [7, 11) is 0. The summed E-state index contributed by atoms with van der Waals surface area (Å²) >= 11 is 1.70. The Labute approximate surface area is 150 Å².